The van der Waals surface area contributed by atoms with E-state index in [1.54, 1.807) is 36.4 Å². The van der Waals surface area contributed by atoms with E-state index in [0.29, 0.717) is 11.3 Å². The fraction of sp³-hybridized carbons (Fsp3) is 0.143. The molecule has 92 valence electrons. The molecule has 0 saturated heterocycles. The standard InChI is InChI=1S/C14H13NO3/c1-10-7-8-12(9-15-10)18-13(14(16)17)11-5-3-2-4-6-11/h2-9,13H,1H3,(H,16,17). The number of rotatable bonds is 4. The minimum atomic E-state index is -1.03. The van der Waals surface area contributed by atoms with Gasteiger partial charge in [-0.15, -0.1) is 0 Å². The number of carboxylic acid groups (broad SMARTS) is 1. The van der Waals surface area contributed by atoms with Gasteiger partial charge in [0.1, 0.15) is 5.75 Å². The lowest BCUT2D eigenvalue weighted by Gasteiger charge is -2.15. The Morgan fingerprint density at radius 3 is 2.50 bits per heavy atom. The number of pyridine rings is 1. The summed E-state index contributed by atoms with van der Waals surface area (Å²) in [6.07, 6.45) is 0.504. The molecular weight excluding hydrogens is 230 g/mol. The molecule has 0 radical (unpaired) electrons. The average molecular weight is 243 g/mol. The Balaban J connectivity index is 2.22. The van der Waals surface area contributed by atoms with Crippen LogP contribution in [-0.2, 0) is 4.79 Å². The van der Waals surface area contributed by atoms with Gasteiger partial charge in [0.2, 0.25) is 6.10 Å². The van der Waals surface area contributed by atoms with Crippen LogP contribution in [0, 0.1) is 6.92 Å². The van der Waals surface area contributed by atoms with Gasteiger partial charge < -0.3 is 9.84 Å². The number of aryl methyl sites for hydroxylation is 1. The van der Waals surface area contributed by atoms with Gasteiger partial charge in [-0.05, 0) is 19.1 Å². The summed E-state index contributed by atoms with van der Waals surface area (Å²) in [6, 6.07) is 12.3. The minimum Gasteiger partial charge on any atom is -0.478 e. The first-order chi connectivity index (χ1) is 8.66. The smallest absolute Gasteiger partial charge is 0.349 e. The zero-order valence-corrected chi connectivity index (χ0v) is 9.91. The van der Waals surface area contributed by atoms with E-state index in [-0.39, 0.29) is 0 Å². The van der Waals surface area contributed by atoms with Crippen molar-refractivity contribution in [1.29, 1.82) is 0 Å². The molecule has 0 aliphatic carbocycles. The second kappa shape index (κ2) is 5.31. The first-order valence-corrected chi connectivity index (χ1v) is 5.54. The summed E-state index contributed by atoms with van der Waals surface area (Å²) in [7, 11) is 0. The van der Waals surface area contributed by atoms with Gasteiger partial charge in [-0.2, -0.15) is 0 Å². The third kappa shape index (κ3) is 2.85. The van der Waals surface area contributed by atoms with Crippen molar-refractivity contribution in [3.63, 3.8) is 0 Å². The van der Waals surface area contributed by atoms with Crippen molar-refractivity contribution in [2.45, 2.75) is 13.0 Å². The maximum absolute atomic E-state index is 11.2. The summed E-state index contributed by atoms with van der Waals surface area (Å²) < 4.78 is 5.45. The molecule has 1 heterocycles. The van der Waals surface area contributed by atoms with E-state index in [0.717, 1.165) is 5.69 Å². The normalized spacial score (nSPS) is 11.8. The predicted molar refractivity (Wildman–Crippen MR) is 66.4 cm³/mol. The number of aliphatic carboxylic acids is 1. The zero-order chi connectivity index (χ0) is 13.0. The van der Waals surface area contributed by atoms with Crippen LogP contribution >= 0.6 is 0 Å². The van der Waals surface area contributed by atoms with Gasteiger partial charge in [0.25, 0.3) is 0 Å². The van der Waals surface area contributed by atoms with Crippen molar-refractivity contribution < 1.29 is 14.6 Å². The molecule has 18 heavy (non-hydrogen) atoms. The van der Waals surface area contributed by atoms with Gasteiger partial charge >= 0.3 is 5.97 Å². The summed E-state index contributed by atoms with van der Waals surface area (Å²) in [5, 5.41) is 9.20. The van der Waals surface area contributed by atoms with Crippen LogP contribution in [-0.4, -0.2) is 16.1 Å². The molecule has 0 bridgehead atoms. The Hall–Kier alpha value is -2.36. The number of carbonyl (C=O) groups is 1. The molecular formula is C14H13NO3. The van der Waals surface area contributed by atoms with Crippen LogP contribution in [0.5, 0.6) is 5.75 Å². The Morgan fingerprint density at radius 2 is 1.94 bits per heavy atom. The maximum atomic E-state index is 11.2. The quantitative estimate of drug-likeness (QED) is 0.896. The number of hydrogen-bond acceptors (Lipinski definition) is 3. The third-order valence-electron chi connectivity index (χ3n) is 2.46. The third-order valence-corrected chi connectivity index (χ3v) is 2.46. The molecule has 2 rings (SSSR count). The topological polar surface area (TPSA) is 59.4 Å². The van der Waals surface area contributed by atoms with Crippen LogP contribution in [0.3, 0.4) is 0 Å². The summed E-state index contributed by atoms with van der Waals surface area (Å²) >= 11 is 0. The second-order valence-corrected chi connectivity index (χ2v) is 3.88. The lowest BCUT2D eigenvalue weighted by molar-refractivity contribution is -0.145. The van der Waals surface area contributed by atoms with Gasteiger partial charge in [-0.1, -0.05) is 30.3 Å². The van der Waals surface area contributed by atoms with E-state index in [1.165, 1.54) is 6.20 Å². The van der Waals surface area contributed by atoms with Crippen LogP contribution in [0.4, 0.5) is 0 Å². The first-order valence-electron chi connectivity index (χ1n) is 5.54. The monoisotopic (exact) mass is 243 g/mol. The van der Waals surface area contributed by atoms with Crippen LogP contribution in [0.25, 0.3) is 0 Å². The van der Waals surface area contributed by atoms with Gasteiger partial charge in [-0.25, -0.2) is 4.79 Å². The van der Waals surface area contributed by atoms with E-state index in [2.05, 4.69) is 4.98 Å². The van der Waals surface area contributed by atoms with E-state index in [4.69, 9.17) is 4.74 Å². The van der Waals surface area contributed by atoms with Gasteiger partial charge in [0, 0.05) is 11.3 Å². The lowest BCUT2D eigenvalue weighted by Crippen LogP contribution is -2.18. The van der Waals surface area contributed by atoms with E-state index < -0.39 is 12.1 Å². The fourth-order valence-electron chi connectivity index (χ4n) is 1.55. The van der Waals surface area contributed by atoms with Crippen molar-refractivity contribution in [1.82, 2.24) is 4.98 Å². The molecule has 0 saturated carbocycles. The molecule has 1 unspecified atom stereocenters. The number of carboxylic acids is 1. The summed E-state index contributed by atoms with van der Waals surface area (Å²) in [4.78, 5) is 15.3. The molecule has 0 aliphatic heterocycles. The van der Waals surface area contributed by atoms with E-state index in [1.807, 2.05) is 13.0 Å². The number of ether oxygens (including phenoxy) is 1. The summed E-state index contributed by atoms with van der Waals surface area (Å²) in [5.74, 6) is -0.585. The van der Waals surface area contributed by atoms with Gasteiger partial charge in [-0.3, -0.25) is 4.98 Å². The molecule has 1 aromatic carbocycles. The molecule has 1 aromatic heterocycles. The van der Waals surface area contributed by atoms with Gasteiger partial charge in [0.15, 0.2) is 0 Å². The summed E-state index contributed by atoms with van der Waals surface area (Å²) in [5.41, 5.74) is 1.46. The molecule has 4 nitrogen and oxygen atoms in total. The fourth-order valence-corrected chi connectivity index (χ4v) is 1.55. The van der Waals surface area contributed by atoms with Crippen LogP contribution in [0.1, 0.15) is 17.4 Å². The number of benzene rings is 1. The SMILES string of the molecule is Cc1ccc(OC(C(=O)O)c2ccccc2)cn1. The molecule has 4 heteroatoms. The zero-order valence-electron chi connectivity index (χ0n) is 9.91. The number of nitrogens with zero attached hydrogens (tertiary/aromatic N) is 1. The second-order valence-electron chi connectivity index (χ2n) is 3.88. The van der Waals surface area contributed by atoms with Crippen LogP contribution in [0.15, 0.2) is 48.7 Å². The van der Waals surface area contributed by atoms with Crippen molar-refractivity contribution >= 4 is 5.97 Å². The largest absolute Gasteiger partial charge is 0.478 e. The molecule has 0 fully saturated rings. The lowest BCUT2D eigenvalue weighted by atomic mass is 10.1. The molecule has 0 amide bonds. The van der Waals surface area contributed by atoms with Crippen molar-refractivity contribution in [2.24, 2.45) is 0 Å². The van der Waals surface area contributed by atoms with Crippen molar-refractivity contribution in [3.8, 4) is 5.75 Å². The molecule has 2 aromatic rings. The first kappa shape index (κ1) is 12.1. The van der Waals surface area contributed by atoms with Crippen molar-refractivity contribution in [2.75, 3.05) is 0 Å². The molecule has 0 aliphatic rings. The number of aromatic nitrogens is 1. The highest BCUT2D eigenvalue weighted by Crippen LogP contribution is 2.21. The Bertz CT molecular complexity index is 522. The van der Waals surface area contributed by atoms with E-state index in [9.17, 15) is 9.90 Å². The Morgan fingerprint density at radius 1 is 1.22 bits per heavy atom. The van der Waals surface area contributed by atoms with Gasteiger partial charge in [0.05, 0.1) is 6.20 Å². The highest BCUT2D eigenvalue weighted by molar-refractivity contribution is 5.74. The Labute approximate surface area is 105 Å². The highest BCUT2D eigenvalue weighted by Gasteiger charge is 2.21. The number of hydrogen-bond donors (Lipinski definition) is 1. The average Bonchev–Trinajstić information content (AvgIpc) is 2.38. The molecule has 1 atom stereocenters. The Kier molecular flexibility index (Phi) is 3.57. The highest BCUT2D eigenvalue weighted by atomic mass is 16.5. The summed E-state index contributed by atoms with van der Waals surface area (Å²) in [6.45, 7) is 1.86. The minimum absolute atomic E-state index is 0.442. The van der Waals surface area contributed by atoms with Crippen LogP contribution in [0.2, 0.25) is 0 Å². The predicted octanol–water partition coefficient (Wildman–Crippen LogP) is 2.59. The van der Waals surface area contributed by atoms with E-state index >= 15 is 0 Å². The molecule has 0 spiro atoms. The maximum Gasteiger partial charge on any atom is 0.349 e. The van der Waals surface area contributed by atoms with Crippen LogP contribution < -0.4 is 4.74 Å². The molecule has 1 N–H and O–H groups in total. The van der Waals surface area contributed by atoms with Crippen molar-refractivity contribution in [3.05, 3.63) is 59.9 Å².